The molecular weight excluding hydrogens is 1020 g/mol. The molecule has 2 unspecified atom stereocenters. The highest BCUT2D eigenvalue weighted by molar-refractivity contribution is 5.76. The Morgan fingerprint density at radius 1 is 0.337 bits per heavy atom. The molecule has 3 N–H and O–H groups in total. The van der Waals surface area contributed by atoms with Crippen molar-refractivity contribution in [2.75, 3.05) is 13.2 Å². The smallest absolute Gasteiger partial charge is 0.305 e. The first-order valence-electron chi connectivity index (χ1n) is 37.4. The number of esters is 1. The van der Waals surface area contributed by atoms with Crippen LogP contribution in [0.25, 0.3) is 0 Å². The third-order valence-electron chi connectivity index (χ3n) is 17.4. The topological polar surface area (TPSA) is 95.9 Å². The van der Waals surface area contributed by atoms with Crippen LogP contribution in [0.5, 0.6) is 0 Å². The molecular formula is C77H145NO5. The van der Waals surface area contributed by atoms with Crippen LogP contribution in [0.15, 0.2) is 48.6 Å². The van der Waals surface area contributed by atoms with Gasteiger partial charge in [0, 0.05) is 12.8 Å². The first-order chi connectivity index (χ1) is 41.0. The minimum Gasteiger partial charge on any atom is -0.466 e. The van der Waals surface area contributed by atoms with Crippen LogP contribution in [0.2, 0.25) is 0 Å². The summed E-state index contributed by atoms with van der Waals surface area (Å²) >= 11 is 0. The van der Waals surface area contributed by atoms with Crippen LogP contribution < -0.4 is 5.32 Å². The zero-order valence-corrected chi connectivity index (χ0v) is 55.9. The van der Waals surface area contributed by atoms with Crippen LogP contribution in [0.3, 0.4) is 0 Å². The van der Waals surface area contributed by atoms with Crippen molar-refractivity contribution in [2.45, 2.75) is 418 Å². The average Bonchev–Trinajstić information content (AvgIpc) is 3.49. The second-order valence-corrected chi connectivity index (χ2v) is 25.6. The molecule has 1 amide bonds. The fourth-order valence-corrected chi connectivity index (χ4v) is 11.6. The molecule has 6 nitrogen and oxygen atoms in total. The van der Waals surface area contributed by atoms with Crippen molar-refractivity contribution in [3.05, 3.63) is 48.6 Å². The average molecular weight is 1170 g/mol. The molecule has 0 aromatic heterocycles. The normalized spacial score (nSPS) is 12.8. The Hall–Kier alpha value is -2.18. The number of nitrogens with one attached hydrogen (secondary N) is 1. The predicted molar refractivity (Wildman–Crippen MR) is 366 cm³/mol. The van der Waals surface area contributed by atoms with Crippen molar-refractivity contribution in [1.29, 1.82) is 0 Å². The van der Waals surface area contributed by atoms with Gasteiger partial charge in [-0.15, -0.1) is 0 Å². The number of hydrogen-bond donors (Lipinski definition) is 3. The van der Waals surface area contributed by atoms with E-state index in [1.807, 2.05) is 0 Å². The van der Waals surface area contributed by atoms with Gasteiger partial charge in [0.25, 0.3) is 0 Å². The summed E-state index contributed by atoms with van der Waals surface area (Å²) in [5.41, 5.74) is 0. The highest BCUT2D eigenvalue weighted by Crippen LogP contribution is 2.19. The van der Waals surface area contributed by atoms with E-state index in [2.05, 4.69) is 67.8 Å². The number of amides is 1. The summed E-state index contributed by atoms with van der Waals surface area (Å²) in [4.78, 5) is 24.7. The lowest BCUT2D eigenvalue weighted by atomic mass is 10.0. The Morgan fingerprint density at radius 2 is 0.602 bits per heavy atom. The van der Waals surface area contributed by atoms with Crippen LogP contribution in [0, 0.1) is 0 Å². The number of ether oxygens (including phenoxy) is 1. The van der Waals surface area contributed by atoms with Gasteiger partial charge >= 0.3 is 5.97 Å². The number of hydrogen-bond acceptors (Lipinski definition) is 5. The molecule has 0 aliphatic rings. The Labute approximate surface area is 518 Å². The van der Waals surface area contributed by atoms with E-state index in [9.17, 15) is 19.8 Å². The molecule has 0 spiro atoms. The van der Waals surface area contributed by atoms with Gasteiger partial charge in [0.05, 0.1) is 25.4 Å². The molecule has 0 aromatic carbocycles. The lowest BCUT2D eigenvalue weighted by Gasteiger charge is -2.22. The molecule has 0 fully saturated rings. The van der Waals surface area contributed by atoms with Gasteiger partial charge in [0.15, 0.2) is 0 Å². The van der Waals surface area contributed by atoms with Crippen LogP contribution in [0.4, 0.5) is 0 Å². The van der Waals surface area contributed by atoms with Gasteiger partial charge in [-0.25, -0.2) is 0 Å². The number of carbonyl (C=O) groups excluding carboxylic acids is 2. The first kappa shape index (κ1) is 80.8. The number of unbranched alkanes of at least 4 members (excludes halogenated alkanes) is 51. The molecule has 0 saturated heterocycles. The number of rotatable bonds is 70. The summed E-state index contributed by atoms with van der Waals surface area (Å²) in [7, 11) is 0. The first-order valence-corrected chi connectivity index (χ1v) is 37.4. The van der Waals surface area contributed by atoms with Gasteiger partial charge in [0.1, 0.15) is 0 Å². The molecule has 0 heterocycles. The maximum Gasteiger partial charge on any atom is 0.305 e. The molecule has 0 bridgehead atoms. The number of aliphatic hydroxyl groups excluding tert-OH is 2. The summed E-state index contributed by atoms with van der Waals surface area (Å²) in [6.07, 6.45) is 94.5. The van der Waals surface area contributed by atoms with Crippen LogP contribution >= 0.6 is 0 Å². The molecule has 6 heteroatoms. The fourth-order valence-electron chi connectivity index (χ4n) is 11.6. The minimum absolute atomic E-state index is 0.00733. The van der Waals surface area contributed by atoms with E-state index in [1.54, 1.807) is 0 Å². The van der Waals surface area contributed by atoms with E-state index in [4.69, 9.17) is 4.74 Å². The Kier molecular flexibility index (Phi) is 70.4. The second-order valence-electron chi connectivity index (χ2n) is 25.6. The summed E-state index contributed by atoms with van der Waals surface area (Å²) in [6, 6.07) is -0.546. The van der Waals surface area contributed by atoms with Crippen LogP contribution in [-0.2, 0) is 14.3 Å². The summed E-state index contributed by atoms with van der Waals surface area (Å²) < 4.78 is 5.50. The second kappa shape index (κ2) is 72.3. The molecule has 0 aliphatic heterocycles. The summed E-state index contributed by atoms with van der Waals surface area (Å²) in [5.74, 6) is -0.0272. The predicted octanol–water partition coefficient (Wildman–Crippen LogP) is 24.4. The van der Waals surface area contributed by atoms with E-state index < -0.39 is 12.1 Å². The van der Waals surface area contributed by atoms with Gasteiger partial charge in [-0.3, -0.25) is 9.59 Å². The molecule has 83 heavy (non-hydrogen) atoms. The lowest BCUT2D eigenvalue weighted by molar-refractivity contribution is -0.143. The molecule has 0 saturated carbocycles. The van der Waals surface area contributed by atoms with Crippen LogP contribution in [-0.4, -0.2) is 47.4 Å². The number of allylic oxidation sites excluding steroid dienone is 8. The van der Waals surface area contributed by atoms with E-state index in [0.29, 0.717) is 25.9 Å². The zero-order valence-electron chi connectivity index (χ0n) is 55.9. The van der Waals surface area contributed by atoms with Gasteiger partial charge < -0.3 is 20.3 Å². The standard InChI is InChI=1S/C77H145NO5/c1-3-5-7-9-11-13-15-17-19-21-23-34-37-41-45-49-53-57-61-65-69-75(80)74(73-79)78-76(81)70-66-62-58-54-50-46-42-38-35-31-29-27-25-24-26-28-30-32-36-40-44-48-52-56-60-64-68-72-83-77(82)71-67-63-59-55-51-47-43-39-33-22-20-18-16-14-12-10-8-6-4-2/h12,14,18,20,24-25,28,30,74-75,79-80H,3-11,13,15-17,19,21-23,26-27,29,31-73H2,1-2H3,(H,78,81)/b14-12-,20-18-,25-24-,30-28-. The largest absolute Gasteiger partial charge is 0.466 e. The van der Waals surface area contributed by atoms with Crippen molar-refractivity contribution >= 4 is 11.9 Å². The highest BCUT2D eigenvalue weighted by Gasteiger charge is 2.20. The number of carbonyl (C=O) groups is 2. The molecule has 488 valence electrons. The lowest BCUT2D eigenvalue weighted by Crippen LogP contribution is -2.45. The zero-order chi connectivity index (χ0) is 59.9. The van der Waals surface area contributed by atoms with E-state index in [-0.39, 0.29) is 18.5 Å². The summed E-state index contributed by atoms with van der Waals surface area (Å²) in [5, 5.41) is 23.4. The van der Waals surface area contributed by atoms with Crippen molar-refractivity contribution in [1.82, 2.24) is 5.32 Å². The van der Waals surface area contributed by atoms with Crippen molar-refractivity contribution in [3.8, 4) is 0 Å². The van der Waals surface area contributed by atoms with Gasteiger partial charge in [0.2, 0.25) is 5.91 Å². The monoisotopic (exact) mass is 1160 g/mol. The van der Waals surface area contributed by atoms with Crippen molar-refractivity contribution < 1.29 is 24.5 Å². The third-order valence-corrected chi connectivity index (χ3v) is 17.4. The van der Waals surface area contributed by atoms with Gasteiger partial charge in [-0.1, -0.05) is 351 Å². The van der Waals surface area contributed by atoms with Crippen molar-refractivity contribution in [3.63, 3.8) is 0 Å². The van der Waals surface area contributed by atoms with E-state index in [1.165, 1.54) is 315 Å². The Bertz CT molecular complexity index is 1390. The maximum atomic E-state index is 12.5. The van der Waals surface area contributed by atoms with E-state index in [0.717, 1.165) is 57.8 Å². The third kappa shape index (κ3) is 68.8. The molecule has 0 radical (unpaired) electrons. The highest BCUT2D eigenvalue weighted by atomic mass is 16.5. The van der Waals surface area contributed by atoms with Gasteiger partial charge in [-0.2, -0.15) is 0 Å². The Balaban J connectivity index is 3.41. The molecule has 0 rings (SSSR count). The SMILES string of the molecule is CCCCC/C=C\C/C=C\CCCCCCCCCCCC(=O)OCCCCCCCCCCC/C=C\C/C=C\CCCCCCCCCCCCCC(=O)NC(CO)C(O)CCCCCCCCCCCCCCCCCCCCCC. The van der Waals surface area contributed by atoms with Crippen LogP contribution in [0.1, 0.15) is 406 Å². The van der Waals surface area contributed by atoms with Crippen molar-refractivity contribution in [2.24, 2.45) is 0 Å². The molecule has 0 aliphatic carbocycles. The quantitative estimate of drug-likeness (QED) is 0.0320. The minimum atomic E-state index is -0.668. The maximum absolute atomic E-state index is 12.5. The molecule has 0 aromatic rings. The van der Waals surface area contributed by atoms with E-state index >= 15 is 0 Å². The van der Waals surface area contributed by atoms with Gasteiger partial charge in [-0.05, 0) is 89.9 Å². The molecule has 2 atom stereocenters. The Morgan fingerprint density at radius 3 is 0.940 bits per heavy atom. The fraction of sp³-hybridized carbons (Fsp3) is 0.870. The summed E-state index contributed by atoms with van der Waals surface area (Å²) in [6.45, 7) is 4.96. The number of aliphatic hydroxyl groups is 2.